The molecule has 0 aliphatic carbocycles. The van der Waals surface area contributed by atoms with Gasteiger partial charge >= 0.3 is 0 Å². The molecule has 16 heavy (non-hydrogen) atoms. The Morgan fingerprint density at radius 1 is 1.31 bits per heavy atom. The lowest BCUT2D eigenvalue weighted by molar-refractivity contribution is 0.0717. The molecular weight excluding hydrogens is 226 g/mol. The highest BCUT2D eigenvalue weighted by atomic mass is 32.1. The number of ether oxygens (including phenoxy) is 2. The van der Waals surface area contributed by atoms with Crippen LogP contribution in [0, 0.1) is 0 Å². The molecule has 5 nitrogen and oxygen atoms in total. The maximum Gasteiger partial charge on any atom is 0.202 e. The first-order valence-electron chi connectivity index (χ1n) is 5.38. The van der Waals surface area contributed by atoms with Crippen LogP contribution < -0.4 is 5.32 Å². The van der Waals surface area contributed by atoms with E-state index in [0.717, 1.165) is 17.4 Å². The van der Waals surface area contributed by atoms with Gasteiger partial charge in [0.05, 0.1) is 19.8 Å². The van der Waals surface area contributed by atoms with Gasteiger partial charge in [-0.15, -0.1) is 0 Å². The summed E-state index contributed by atoms with van der Waals surface area (Å²) in [6.45, 7) is 6.05. The molecule has 0 aromatic carbocycles. The van der Waals surface area contributed by atoms with Crippen LogP contribution in [0.5, 0.6) is 0 Å². The van der Waals surface area contributed by atoms with Crippen molar-refractivity contribution in [3.05, 3.63) is 5.82 Å². The van der Waals surface area contributed by atoms with E-state index >= 15 is 0 Å². The Bertz CT molecular complexity index is 291. The highest BCUT2D eigenvalue weighted by molar-refractivity contribution is 7.09. The second-order valence-electron chi connectivity index (χ2n) is 3.67. The smallest absolute Gasteiger partial charge is 0.202 e. The Morgan fingerprint density at radius 2 is 2.12 bits per heavy atom. The Labute approximate surface area is 100 Å². The van der Waals surface area contributed by atoms with E-state index in [0.29, 0.717) is 25.9 Å². The highest BCUT2D eigenvalue weighted by Crippen LogP contribution is 2.12. The lowest BCUT2D eigenvalue weighted by Gasteiger charge is -2.03. The minimum atomic E-state index is 0.388. The van der Waals surface area contributed by atoms with Crippen molar-refractivity contribution in [2.24, 2.45) is 0 Å². The Hall–Kier alpha value is -0.720. The van der Waals surface area contributed by atoms with Crippen LogP contribution in [-0.2, 0) is 15.9 Å². The van der Waals surface area contributed by atoms with Gasteiger partial charge < -0.3 is 14.8 Å². The summed E-state index contributed by atoms with van der Waals surface area (Å²) in [6.07, 6.45) is 0.750. The minimum absolute atomic E-state index is 0.388. The van der Waals surface area contributed by atoms with Crippen molar-refractivity contribution in [2.75, 3.05) is 32.2 Å². The van der Waals surface area contributed by atoms with Crippen LogP contribution in [-0.4, -0.2) is 42.3 Å². The first kappa shape index (κ1) is 13.3. The van der Waals surface area contributed by atoms with Crippen LogP contribution in [0.4, 0.5) is 5.13 Å². The van der Waals surface area contributed by atoms with Crippen molar-refractivity contribution < 1.29 is 9.47 Å². The SMILES string of the molecule is COCCOCCc1nsc(NC(C)C)n1. The summed E-state index contributed by atoms with van der Waals surface area (Å²) in [7, 11) is 1.66. The zero-order valence-electron chi connectivity index (χ0n) is 10.0. The number of anilines is 1. The minimum Gasteiger partial charge on any atom is -0.382 e. The molecule has 0 saturated carbocycles. The molecule has 92 valence electrons. The average Bonchev–Trinajstić information content (AvgIpc) is 2.64. The first-order chi connectivity index (χ1) is 7.72. The largest absolute Gasteiger partial charge is 0.382 e. The molecule has 0 saturated heterocycles. The van der Waals surface area contributed by atoms with E-state index in [4.69, 9.17) is 9.47 Å². The highest BCUT2D eigenvalue weighted by Gasteiger charge is 2.04. The summed E-state index contributed by atoms with van der Waals surface area (Å²) in [4.78, 5) is 4.35. The predicted octanol–water partition coefficient (Wildman–Crippen LogP) is 1.56. The fourth-order valence-corrected chi connectivity index (χ4v) is 1.83. The molecule has 1 N–H and O–H groups in total. The van der Waals surface area contributed by atoms with Gasteiger partial charge in [0.15, 0.2) is 0 Å². The monoisotopic (exact) mass is 245 g/mol. The van der Waals surface area contributed by atoms with Gasteiger partial charge in [0.25, 0.3) is 0 Å². The molecule has 6 heteroatoms. The van der Waals surface area contributed by atoms with Crippen molar-refractivity contribution in [1.29, 1.82) is 0 Å². The molecule has 0 amide bonds. The topological polar surface area (TPSA) is 56.3 Å². The van der Waals surface area contributed by atoms with E-state index in [1.54, 1.807) is 7.11 Å². The van der Waals surface area contributed by atoms with Gasteiger partial charge in [0, 0.05) is 31.1 Å². The van der Waals surface area contributed by atoms with Crippen LogP contribution in [0.3, 0.4) is 0 Å². The summed E-state index contributed by atoms with van der Waals surface area (Å²) in [5.74, 6) is 0.838. The summed E-state index contributed by atoms with van der Waals surface area (Å²) < 4.78 is 14.5. The van der Waals surface area contributed by atoms with E-state index in [1.807, 2.05) is 0 Å². The molecule has 0 spiro atoms. The lowest BCUT2D eigenvalue weighted by Crippen LogP contribution is -2.09. The van der Waals surface area contributed by atoms with E-state index in [2.05, 4.69) is 28.5 Å². The van der Waals surface area contributed by atoms with Gasteiger partial charge in [-0.25, -0.2) is 4.98 Å². The third-order valence-electron chi connectivity index (χ3n) is 1.78. The fourth-order valence-electron chi connectivity index (χ4n) is 1.07. The van der Waals surface area contributed by atoms with Crippen molar-refractivity contribution in [3.8, 4) is 0 Å². The van der Waals surface area contributed by atoms with Gasteiger partial charge in [0.1, 0.15) is 5.82 Å². The normalized spacial score (nSPS) is 11.0. The summed E-state index contributed by atoms with van der Waals surface area (Å²) in [6, 6.07) is 0.388. The average molecular weight is 245 g/mol. The number of aromatic nitrogens is 2. The van der Waals surface area contributed by atoms with Crippen molar-refractivity contribution >= 4 is 16.7 Å². The fraction of sp³-hybridized carbons (Fsp3) is 0.800. The number of nitrogens with zero attached hydrogens (tertiary/aromatic N) is 2. The molecule has 1 rings (SSSR count). The molecule has 0 radical (unpaired) electrons. The molecule has 0 fully saturated rings. The second-order valence-corrected chi connectivity index (χ2v) is 4.42. The maximum atomic E-state index is 5.35. The molecule has 0 bridgehead atoms. The van der Waals surface area contributed by atoms with Crippen LogP contribution in [0.1, 0.15) is 19.7 Å². The van der Waals surface area contributed by atoms with E-state index in [9.17, 15) is 0 Å². The molecule has 0 aliphatic rings. The number of rotatable bonds is 8. The zero-order chi connectivity index (χ0) is 11.8. The Kier molecular flexibility index (Phi) is 6.29. The molecular formula is C10H19N3O2S. The first-order valence-corrected chi connectivity index (χ1v) is 6.15. The standard InChI is InChI=1S/C10H19N3O2S/c1-8(2)11-10-12-9(13-16-10)4-5-15-7-6-14-3/h8H,4-7H2,1-3H3,(H,11,12,13). The number of methoxy groups -OCH3 is 1. The van der Waals surface area contributed by atoms with E-state index < -0.39 is 0 Å². The van der Waals surface area contributed by atoms with Gasteiger partial charge in [0.2, 0.25) is 5.13 Å². The third kappa shape index (κ3) is 5.39. The van der Waals surface area contributed by atoms with Gasteiger partial charge in [-0.1, -0.05) is 0 Å². The summed E-state index contributed by atoms with van der Waals surface area (Å²) in [5.41, 5.74) is 0. The van der Waals surface area contributed by atoms with Gasteiger partial charge in [-0.2, -0.15) is 4.37 Å². The Morgan fingerprint density at radius 3 is 2.81 bits per heavy atom. The van der Waals surface area contributed by atoms with Crippen molar-refractivity contribution in [2.45, 2.75) is 26.3 Å². The van der Waals surface area contributed by atoms with E-state index in [1.165, 1.54) is 11.5 Å². The third-order valence-corrected chi connectivity index (χ3v) is 2.47. The number of hydrogen-bond donors (Lipinski definition) is 1. The van der Waals surface area contributed by atoms with Gasteiger partial charge in [-0.05, 0) is 13.8 Å². The van der Waals surface area contributed by atoms with Gasteiger partial charge in [-0.3, -0.25) is 0 Å². The summed E-state index contributed by atoms with van der Waals surface area (Å²) in [5, 5.41) is 4.10. The molecule has 1 heterocycles. The lowest BCUT2D eigenvalue weighted by atomic mass is 10.4. The van der Waals surface area contributed by atoms with Crippen LogP contribution in [0.25, 0.3) is 0 Å². The molecule has 1 aromatic heterocycles. The second kappa shape index (κ2) is 7.54. The zero-order valence-corrected chi connectivity index (χ0v) is 10.8. The molecule has 0 atom stereocenters. The maximum absolute atomic E-state index is 5.35. The van der Waals surface area contributed by atoms with E-state index in [-0.39, 0.29) is 0 Å². The predicted molar refractivity (Wildman–Crippen MR) is 65.1 cm³/mol. The van der Waals surface area contributed by atoms with Crippen LogP contribution in [0.2, 0.25) is 0 Å². The molecule has 0 unspecified atom stereocenters. The quantitative estimate of drug-likeness (QED) is 0.704. The number of nitrogens with one attached hydrogen (secondary N) is 1. The Balaban J connectivity index is 2.19. The number of hydrogen-bond acceptors (Lipinski definition) is 6. The van der Waals surface area contributed by atoms with Crippen LogP contribution in [0.15, 0.2) is 0 Å². The van der Waals surface area contributed by atoms with Crippen molar-refractivity contribution in [1.82, 2.24) is 9.36 Å². The summed E-state index contributed by atoms with van der Waals surface area (Å²) >= 11 is 1.39. The molecule has 1 aromatic rings. The van der Waals surface area contributed by atoms with Crippen LogP contribution >= 0.6 is 11.5 Å². The van der Waals surface area contributed by atoms with Crippen molar-refractivity contribution in [3.63, 3.8) is 0 Å². The molecule has 0 aliphatic heterocycles.